The van der Waals surface area contributed by atoms with Crippen LogP contribution in [0.2, 0.25) is 0 Å². The number of anilines is 1. The molecule has 1 amide bonds. The van der Waals surface area contributed by atoms with E-state index in [9.17, 15) is 19.5 Å². The number of Topliss-reactive ketones (excluding diaryl/α,β-unsaturated/α-hetero) is 2. The van der Waals surface area contributed by atoms with Crippen LogP contribution in [0.3, 0.4) is 0 Å². The van der Waals surface area contributed by atoms with Gasteiger partial charge in [-0.25, -0.2) is 0 Å². The molecule has 0 aliphatic heterocycles. The van der Waals surface area contributed by atoms with Crippen LogP contribution in [-0.4, -0.2) is 41.8 Å². The first-order valence-electron chi connectivity index (χ1n) is 9.02. The molecule has 2 N–H and O–H groups in total. The zero-order chi connectivity index (χ0) is 21.8. The third-order valence-corrected chi connectivity index (χ3v) is 4.72. The van der Waals surface area contributed by atoms with E-state index < -0.39 is 17.5 Å². The number of benzene rings is 1. The lowest BCUT2D eigenvalue weighted by Gasteiger charge is -2.20. The number of ether oxygens (including phenoxy) is 2. The van der Waals surface area contributed by atoms with Gasteiger partial charge >= 0.3 is 0 Å². The molecular formula is C22H20N2O6. The predicted molar refractivity (Wildman–Crippen MR) is 108 cm³/mol. The molecule has 154 valence electrons. The number of rotatable bonds is 6. The van der Waals surface area contributed by atoms with Gasteiger partial charge in [0.15, 0.2) is 0 Å². The molecule has 30 heavy (non-hydrogen) atoms. The van der Waals surface area contributed by atoms with Crippen molar-refractivity contribution in [3.05, 3.63) is 76.5 Å². The summed E-state index contributed by atoms with van der Waals surface area (Å²) in [6.45, 7) is 1.54. The number of methoxy groups -OCH3 is 2. The Morgan fingerprint density at radius 1 is 1.03 bits per heavy atom. The molecule has 1 aliphatic carbocycles. The summed E-state index contributed by atoms with van der Waals surface area (Å²) in [4.78, 5) is 41.5. The lowest BCUT2D eigenvalue weighted by atomic mass is 9.88. The summed E-state index contributed by atoms with van der Waals surface area (Å²) in [6, 6.07) is 7.71. The number of hydrogen-bond donors (Lipinski definition) is 2. The molecular weight excluding hydrogens is 388 g/mol. The van der Waals surface area contributed by atoms with Gasteiger partial charge in [0.2, 0.25) is 23.1 Å². The van der Waals surface area contributed by atoms with E-state index in [-0.39, 0.29) is 40.4 Å². The number of carbonyl (C=O) groups is 3. The number of phenols is 1. The summed E-state index contributed by atoms with van der Waals surface area (Å²) in [5.74, 6) is -1.90. The highest BCUT2D eigenvalue weighted by Crippen LogP contribution is 2.29. The van der Waals surface area contributed by atoms with Crippen molar-refractivity contribution >= 4 is 23.2 Å². The van der Waals surface area contributed by atoms with E-state index in [4.69, 9.17) is 9.47 Å². The summed E-state index contributed by atoms with van der Waals surface area (Å²) in [6.07, 6.45) is 3.16. The lowest BCUT2D eigenvalue weighted by molar-refractivity contribution is -0.121. The number of amides is 1. The molecule has 1 aromatic carbocycles. The van der Waals surface area contributed by atoms with E-state index in [0.717, 1.165) is 0 Å². The molecule has 8 heteroatoms. The number of pyridine rings is 1. The van der Waals surface area contributed by atoms with E-state index in [2.05, 4.69) is 10.3 Å². The summed E-state index contributed by atoms with van der Waals surface area (Å²) in [5, 5.41) is 13.0. The Hall–Kier alpha value is -3.94. The van der Waals surface area contributed by atoms with Gasteiger partial charge in [-0.1, -0.05) is 6.07 Å². The highest BCUT2D eigenvalue weighted by Gasteiger charge is 2.34. The van der Waals surface area contributed by atoms with Crippen LogP contribution in [0.1, 0.15) is 22.8 Å². The monoisotopic (exact) mass is 408 g/mol. The van der Waals surface area contributed by atoms with Crippen LogP contribution in [0.4, 0.5) is 5.69 Å². The fraction of sp³-hybridized carbons (Fsp3) is 0.182. The van der Waals surface area contributed by atoms with Crippen molar-refractivity contribution in [2.75, 3.05) is 19.5 Å². The van der Waals surface area contributed by atoms with Crippen molar-refractivity contribution in [1.82, 2.24) is 4.98 Å². The molecule has 0 radical (unpaired) electrons. The van der Waals surface area contributed by atoms with Gasteiger partial charge in [0.05, 0.1) is 19.8 Å². The van der Waals surface area contributed by atoms with Crippen molar-refractivity contribution in [2.45, 2.75) is 13.3 Å². The molecule has 0 bridgehead atoms. The number of aromatic hydroxyl groups is 1. The second-order valence-electron chi connectivity index (χ2n) is 6.55. The third-order valence-electron chi connectivity index (χ3n) is 4.72. The standard InChI is InChI=1S/C22H20N2O6/c1-12-16(19(27)21(30-3)20(29-2)18(12)26)10-13-4-5-15(17(25)11-13)22(28)24-14-6-8-23-9-7-14/h4-9,11,25H,10H2,1-3H3,(H,23,24,28). The topological polar surface area (TPSA) is 115 Å². The van der Waals surface area contributed by atoms with Crippen LogP contribution < -0.4 is 5.32 Å². The average molecular weight is 408 g/mol. The van der Waals surface area contributed by atoms with Crippen LogP contribution in [0.25, 0.3) is 0 Å². The van der Waals surface area contributed by atoms with Gasteiger partial charge in [-0.05, 0) is 36.8 Å². The minimum Gasteiger partial charge on any atom is -0.507 e. The average Bonchev–Trinajstić information content (AvgIpc) is 2.74. The van der Waals surface area contributed by atoms with Crippen LogP contribution in [0.5, 0.6) is 5.75 Å². The van der Waals surface area contributed by atoms with E-state index in [1.165, 1.54) is 45.7 Å². The van der Waals surface area contributed by atoms with E-state index in [1.54, 1.807) is 18.2 Å². The van der Waals surface area contributed by atoms with Crippen LogP contribution in [0, 0.1) is 0 Å². The molecule has 1 aliphatic rings. The van der Waals surface area contributed by atoms with Crippen molar-refractivity contribution in [1.29, 1.82) is 0 Å². The molecule has 0 saturated heterocycles. The Labute approximate surface area is 172 Å². The Morgan fingerprint density at radius 2 is 1.67 bits per heavy atom. The van der Waals surface area contributed by atoms with Gasteiger partial charge in [0.25, 0.3) is 5.91 Å². The zero-order valence-corrected chi connectivity index (χ0v) is 16.7. The third kappa shape index (κ3) is 3.93. The van der Waals surface area contributed by atoms with Gasteiger partial charge in [0.1, 0.15) is 5.75 Å². The van der Waals surface area contributed by atoms with Gasteiger partial charge in [0, 0.05) is 35.6 Å². The predicted octanol–water partition coefficient (Wildman–Crippen LogP) is 2.55. The van der Waals surface area contributed by atoms with Gasteiger partial charge in [-0.3, -0.25) is 19.4 Å². The first kappa shape index (κ1) is 20.8. The van der Waals surface area contributed by atoms with E-state index >= 15 is 0 Å². The fourth-order valence-corrected chi connectivity index (χ4v) is 3.12. The number of ketones is 2. The molecule has 3 rings (SSSR count). The minimum absolute atomic E-state index is 0.0754. The number of carbonyl (C=O) groups excluding carboxylic acids is 3. The van der Waals surface area contributed by atoms with E-state index in [0.29, 0.717) is 11.3 Å². The maximum atomic E-state index is 12.7. The summed E-state index contributed by atoms with van der Waals surface area (Å²) in [7, 11) is 2.59. The fourth-order valence-electron chi connectivity index (χ4n) is 3.12. The number of aromatic nitrogens is 1. The summed E-state index contributed by atoms with van der Waals surface area (Å²) < 4.78 is 10.1. The Bertz CT molecular complexity index is 1090. The quantitative estimate of drug-likeness (QED) is 0.706. The summed E-state index contributed by atoms with van der Waals surface area (Å²) >= 11 is 0. The van der Waals surface area contributed by atoms with Crippen molar-refractivity contribution < 1.29 is 29.0 Å². The molecule has 0 atom stereocenters. The first-order chi connectivity index (χ1) is 14.4. The minimum atomic E-state index is -0.487. The highest BCUT2D eigenvalue weighted by molar-refractivity contribution is 6.23. The van der Waals surface area contributed by atoms with E-state index in [1.807, 2.05) is 0 Å². The molecule has 8 nitrogen and oxygen atoms in total. The van der Waals surface area contributed by atoms with Crippen molar-refractivity contribution in [2.24, 2.45) is 0 Å². The first-order valence-corrected chi connectivity index (χ1v) is 9.02. The van der Waals surface area contributed by atoms with Gasteiger partial charge in [-0.2, -0.15) is 0 Å². The van der Waals surface area contributed by atoms with Crippen molar-refractivity contribution in [3.63, 3.8) is 0 Å². The number of allylic oxidation sites excluding steroid dienone is 2. The molecule has 2 aromatic rings. The number of nitrogens with one attached hydrogen (secondary N) is 1. The smallest absolute Gasteiger partial charge is 0.259 e. The maximum absolute atomic E-state index is 12.7. The number of phenolic OH excluding ortho intramolecular Hbond substituents is 1. The Balaban J connectivity index is 1.84. The van der Waals surface area contributed by atoms with Crippen LogP contribution in [0.15, 0.2) is 65.4 Å². The zero-order valence-electron chi connectivity index (χ0n) is 16.7. The highest BCUT2D eigenvalue weighted by atomic mass is 16.5. The normalized spacial score (nSPS) is 14.1. The lowest BCUT2D eigenvalue weighted by Crippen LogP contribution is -2.26. The molecule has 0 fully saturated rings. The maximum Gasteiger partial charge on any atom is 0.259 e. The van der Waals surface area contributed by atoms with Gasteiger partial charge < -0.3 is 19.9 Å². The second kappa shape index (κ2) is 8.60. The largest absolute Gasteiger partial charge is 0.507 e. The Morgan fingerprint density at radius 3 is 2.27 bits per heavy atom. The molecule has 0 unspecified atom stereocenters. The summed E-state index contributed by atoms with van der Waals surface area (Å²) in [5.41, 5.74) is 1.66. The molecule has 1 heterocycles. The molecule has 0 saturated carbocycles. The molecule has 0 spiro atoms. The van der Waals surface area contributed by atoms with Crippen LogP contribution in [-0.2, 0) is 25.5 Å². The molecule has 1 aromatic heterocycles. The van der Waals surface area contributed by atoms with Gasteiger partial charge in [-0.15, -0.1) is 0 Å². The SMILES string of the molecule is COC1=C(OC)C(=O)C(Cc2ccc(C(=O)Nc3ccncc3)c(O)c2)=C(C)C1=O. The number of nitrogens with zero attached hydrogens (tertiary/aromatic N) is 1. The van der Waals surface area contributed by atoms with Crippen LogP contribution >= 0.6 is 0 Å². The van der Waals surface area contributed by atoms with Crippen molar-refractivity contribution in [3.8, 4) is 5.75 Å². The second-order valence-corrected chi connectivity index (χ2v) is 6.55. The Kier molecular flexibility index (Phi) is 5.96. The number of hydrogen-bond acceptors (Lipinski definition) is 7.